The zero-order valence-corrected chi connectivity index (χ0v) is 8.60. The Balaban J connectivity index is 2.62. The Morgan fingerprint density at radius 1 is 1.64 bits per heavy atom. The van der Waals surface area contributed by atoms with E-state index in [4.69, 9.17) is 10.0 Å². The van der Waals surface area contributed by atoms with Crippen LogP contribution in [0.3, 0.4) is 0 Å². The Hall–Kier alpha value is -0.585. The molecule has 0 aliphatic carbocycles. The summed E-state index contributed by atoms with van der Waals surface area (Å²) in [5.74, 6) is -0.499. The Kier molecular flexibility index (Phi) is 3.91. The van der Waals surface area contributed by atoms with Crippen LogP contribution in [0.4, 0.5) is 0 Å². The van der Waals surface area contributed by atoms with Crippen molar-refractivity contribution in [3.63, 3.8) is 0 Å². The molecule has 14 heavy (non-hydrogen) atoms. The van der Waals surface area contributed by atoms with Gasteiger partial charge in [0.1, 0.15) is 0 Å². The van der Waals surface area contributed by atoms with Gasteiger partial charge in [-0.1, -0.05) is 0 Å². The molecule has 0 spiro atoms. The summed E-state index contributed by atoms with van der Waals surface area (Å²) >= 11 is 0. The van der Waals surface area contributed by atoms with Gasteiger partial charge in [-0.3, -0.25) is 4.79 Å². The van der Waals surface area contributed by atoms with Crippen molar-refractivity contribution in [3.05, 3.63) is 0 Å². The van der Waals surface area contributed by atoms with Crippen LogP contribution in [0, 0.1) is 0 Å². The lowest BCUT2D eigenvalue weighted by molar-refractivity contribution is -0.132. The molecule has 5 nitrogen and oxygen atoms in total. The van der Waals surface area contributed by atoms with Crippen molar-refractivity contribution in [2.75, 3.05) is 13.6 Å². The van der Waals surface area contributed by atoms with E-state index in [2.05, 4.69) is 5.32 Å². The second-order valence-corrected chi connectivity index (χ2v) is 3.67. The van der Waals surface area contributed by atoms with Crippen LogP contribution in [-0.4, -0.2) is 53.5 Å². The van der Waals surface area contributed by atoms with Crippen LogP contribution in [-0.2, 0) is 4.79 Å². The number of likely N-dealkylation sites (tertiary alicyclic amines) is 1. The monoisotopic (exact) mass is 200 g/mol. The Bertz CT molecular complexity index is 213. The highest BCUT2D eigenvalue weighted by Crippen LogP contribution is 2.18. The molecule has 80 valence electrons. The molecule has 0 aromatic heterocycles. The van der Waals surface area contributed by atoms with Crippen LogP contribution in [0.5, 0.6) is 0 Å². The smallest absolute Gasteiger partial charge is 0.426 e. The van der Waals surface area contributed by atoms with Crippen molar-refractivity contribution in [2.24, 2.45) is 0 Å². The molecule has 1 heterocycles. The van der Waals surface area contributed by atoms with Gasteiger partial charge in [0.15, 0.2) is 0 Å². The Morgan fingerprint density at radius 2 is 2.29 bits per heavy atom. The number of rotatable bonds is 3. The first-order chi connectivity index (χ1) is 6.57. The Morgan fingerprint density at radius 3 is 2.79 bits per heavy atom. The molecule has 1 amide bonds. The van der Waals surface area contributed by atoms with Crippen molar-refractivity contribution in [1.82, 2.24) is 10.2 Å². The number of likely N-dealkylation sites (N-methyl/N-ethyl adjacent to an activating group) is 1. The van der Waals surface area contributed by atoms with Crippen LogP contribution in [0.2, 0.25) is 0 Å². The normalized spacial score (nSPS) is 23.7. The van der Waals surface area contributed by atoms with Gasteiger partial charge in [-0.05, 0) is 26.8 Å². The molecular weight excluding hydrogens is 183 g/mol. The molecule has 0 bridgehead atoms. The third kappa shape index (κ3) is 2.26. The summed E-state index contributed by atoms with van der Waals surface area (Å²) in [5.41, 5.74) is 0. The topological polar surface area (TPSA) is 72.8 Å². The van der Waals surface area contributed by atoms with E-state index in [-0.39, 0.29) is 11.9 Å². The highest BCUT2D eigenvalue weighted by Gasteiger charge is 2.37. The van der Waals surface area contributed by atoms with E-state index >= 15 is 0 Å². The molecule has 1 unspecified atom stereocenters. The van der Waals surface area contributed by atoms with E-state index < -0.39 is 13.1 Å². The number of nitrogens with one attached hydrogen (secondary N) is 1. The van der Waals surface area contributed by atoms with Crippen LogP contribution in [0.1, 0.15) is 19.8 Å². The van der Waals surface area contributed by atoms with E-state index in [1.165, 1.54) is 0 Å². The predicted molar refractivity (Wildman–Crippen MR) is 53.4 cm³/mol. The third-order valence-electron chi connectivity index (χ3n) is 2.73. The van der Waals surface area contributed by atoms with E-state index in [1.54, 1.807) is 18.9 Å². The summed E-state index contributed by atoms with van der Waals surface area (Å²) < 4.78 is 0. The zero-order chi connectivity index (χ0) is 10.7. The zero-order valence-electron chi connectivity index (χ0n) is 8.60. The molecule has 3 N–H and O–H groups in total. The summed E-state index contributed by atoms with van der Waals surface area (Å²) in [5, 5.41) is 21.0. The third-order valence-corrected chi connectivity index (χ3v) is 2.73. The Labute approximate surface area is 84.2 Å². The van der Waals surface area contributed by atoms with E-state index in [0.29, 0.717) is 13.0 Å². The first-order valence-corrected chi connectivity index (χ1v) is 4.91. The van der Waals surface area contributed by atoms with Crippen molar-refractivity contribution < 1.29 is 14.8 Å². The molecule has 0 aromatic carbocycles. The fourth-order valence-corrected chi connectivity index (χ4v) is 1.75. The van der Waals surface area contributed by atoms with Crippen molar-refractivity contribution in [2.45, 2.75) is 31.7 Å². The van der Waals surface area contributed by atoms with Gasteiger partial charge < -0.3 is 20.3 Å². The van der Waals surface area contributed by atoms with E-state index in [0.717, 1.165) is 6.42 Å². The molecule has 2 atom stereocenters. The molecule has 0 saturated carbocycles. The SMILES string of the molecule is CN[C@@H](C)C(=O)N1CCCC1B(O)O. The molecule has 1 fully saturated rings. The van der Waals surface area contributed by atoms with Crippen LogP contribution in [0.25, 0.3) is 0 Å². The lowest BCUT2D eigenvalue weighted by atomic mass is 9.78. The fraction of sp³-hybridized carbons (Fsp3) is 0.875. The summed E-state index contributed by atoms with van der Waals surface area (Å²) in [6.45, 7) is 2.38. The van der Waals surface area contributed by atoms with Crippen molar-refractivity contribution >= 4 is 13.0 Å². The first-order valence-electron chi connectivity index (χ1n) is 4.91. The van der Waals surface area contributed by atoms with Crippen LogP contribution in [0.15, 0.2) is 0 Å². The number of hydrogen-bond donors (Lipinski definition) is 3. The lowest BCUT2D eigenvalue weighted by Crippen LogP contribution is -2.51. The standard InChI is InChI=1S/C8H17BN2O3/c1-6(10-2)8(12)11-5-3-4-7(11)9(13)14/h6-7,10,13-14H,3-5H2,1-2H3/t6-,7?/m0/s1. The van der Waals surface area contributed by atoms with Gasteiger partial charge >= 0.3 is 7.12 Å². The number of amides is 1. The largest absolute Gasteiger partial charge is 0.475 e. The van der Waals surface area contributed by atoms with Gasteiger partial charge in [-0.2, -0.15) is 0 Å². The molecule has 0 aromatic rings. The summed E-state index contributed by atoms with van der Waals surface area (Å²) in [6.07, 6.45) is 1.50. The van der Waals surface area contributed by atoms with Gasteiger partial charge in [-0.25, -0.2) is 0 Å². The highest BCUT2D eigenvalue weighted by molar-refractivity contribution is 6.43. The summed E-state index contributed by atoms with van der Waals surface area (Å²) in [4.78, 5) is 13.3. The van der Waals surface area contributed by atoms with E-state index in [1.807, 2.05) is 0 Å². The molecule has 1 aliphatic heterocycles. The summed E-state index contributed by atoms with van der Waals surface area (Å²) in [7, 11) is 0.286. The quantitative estimate of drug-likeness (QED) is 0.490. The second kappa shape index (κ2) is 4.77. The lowest BCUT2D eigenvalue weighted by Gasteiger charge is -2.26. The summed E-state index contributed by atoms with van der Waals surface area (Å²) in [6, 6.07) is -0.269. The van der Waals surface area contributed by atoms with Gasteiger partial charge in [-0.15, -0.1) is 0 Å². The number of nitrogens with zero attached hydrogens (tertiary/aromatic N) is 1. The molecule has 1 rings (SSSR count). The van der Waals surface area contributed by atoms with E-state index in [9.17, 15) is 4.79 Å². The average Bonchev–Trinajstić information content (AvgIpc) is 2.63. The number of carbonyl (C=O) groups is 1. The maximum Gasteiger partial charge on any atom is 0.475 e. The number of carbonyl (C=O) groups excluding carboxylic acids is 1. The minimum atomic E-state index is -1.43. The maximum absolute atomic E-state index is 11.7. The molecule has 0 radical (unpaired) electrons. The van der Waals surface area contributed by atoms with Gasteiger partial charge in [0.25, 0.3) is 0 Å². The minimum absolute atomic E-state index is 0.0666. The minimum Gasteiger partial charge on any atom is -0.426 e. The van der Waals surface area contributed by atoms with Gasteiger partial charge in [0.2, 0.25) is 5.91 Å². The first kappa shape index (κ1) is 11.5. The molecule has 1 aliphatic rings. The molecule has 1 saturated heterocycles. The molecular formula is C8H17BN2O3. The molecule has 6 heteroatoms. The maximum atomic E-state index is 11.7. The van der Waals surface area contributed by atoms with Gasteiger partial charge in [0, 0.05) is 6.54 Å². The number of hydrogen-bond acceptors (Lipinski definition) is 4. The van der Waals surface area contributed by atoms with Crippen molar-refractivity contribution in [1.29, 1.82) is 0 Å². The fourth-order valence-electron chi connectivity index (χ4n) is 1.75. The predicted octanol–water partition coefficient (Wildman–Crippen LogP) is -1.40. The average molecular weight is 200 g/mol. The second-order valence-electron chi connectivity index (χ2n) is 3.67. The van der Waals surface area contributed by atoms with Gasteiger partial charge in [0.05, 0.1) is 12.0 Å². The van der Waals surface area contributed by atoms with Crippen LogP contribution < -0.4 is 5.32 Å². The van der Waals surface area contributed by atoms with Crippen LogP contribution >= 0.6 is 0 Å². The van der Waals surface area contributed by atoms with Crippen molar-refractivity contribution in [3.8, 4) is 0 Å². The highest BCUT2D eigenvalue weighted by atomic mass is 16.4.